The molecule has 3 fully saturated rings. The monoisotopic (exact) mass is 742 g/mol. The van der Waals surface area contributed by atoms with Crippen molar-refractivity contribution in [2.75, 3.05) is 65.1 Å². The fourth-order valence-electron chi connectivity index (χ4n) is 7.88. The summed E-state index contributed by atoms with van der Waals surface area (Å²) >= 11 is 6.12. The van der Waals surface area contributed by atoms with Crippen LogP contribution in [0.2, 0.25) is 5.02 Å². The number of halogens is 4. The van der Waals surface area contributed by atoms with Crippen molar-refractivity contribution >= 4 is 51.2 Å². The summed E-state index contributed by atoms with van der Waals surface area (Å²) < 4.78 is 49.0. The van der Waals surface area contributed by atoms with Gasteiger partial charge in [0, 0.05) is 63.2 Å². The van der Waals surface area contributed by atoms with E-state index in [0.29, 0.717) is 56.1 Å². The zero-order chi connectivity index (χ0) is 36.7. The summed E-state index contributed by atoms with van der Waals surface area (Å²) in [6.45, 7) is 4.62. The quantitative estimate of drug-likeness (QED) is 0.271. The molecule has 7 rings (SSSR count). The molecule has 52 heavy (non-hydrogen) atoms. The first-order valence-corrected chi connectivity index (χ1v) is 18.0. The number of rotatable bonds is 6. The molecule has 2 amide bonds. The minimum absolute atomic E-state index is 0.0705. The molecule has 2 aromatic heterocycles. The number of carbonyl (C=O) groups is 2. The Hall–Kier alpha value is -4.34. The average molecular weight is 743 g/mol. The Morgan fingerprint density at radius 1 is 0.981 bits per heavy atom. The Labute approximate surface area is 303 Å². The van der Waals surface area contributed by atoms with Crippen LogP contribution in [-0.4, -0.2) is 118 Å². The van der Waals surface area contributed by atoms with Gasteiger partial charge in [-0.05, 0) is 69.6 Å². The lowest BCUT2D eigenvalue weighted by molar-refractivity contribution is -0.143. The molecule has 3 saturated heterocycles. The van der Waals surface area contributed by atoms with E-state index in [1.54, 1.807) is 15.7 Å². The van der Waals surface area contributed by atoms with Crippen LogP contribution in [0.15, 0.2) is 47.4 Å². The van der Waals surface area contributed by atoms with Gasteiger partial charge in [-0.3, -0.25) is 19.2 Å². The third-order valence-electron chi connectivity index (χ3n) is 10.8. The second kappa shape index (κ2) is 14.6. The number of nitrogens with zero attached hydrogens (tertiary/aromatic N) is 6. The van der Waals surface area contributed by atoms with E-state index in [1.165, 1.54) is 11.0 Å². The van der Waals surface area contributed by atoms with E-state index in [1.807, 2.05) is 24.3 Å². The number of piperidine rings is 2. The summed E-state index contributed by atoms with van der Waals surface area (Å²) in [7, 11) is 2.10. The average Bonchev–Trinajstić information content (AvgIpc) is 3.48. The third-order valence-corrected chi connectivity index (χ3v) is 11.1. The molecular weight excluding hydrogens is 701 g/mol. The van der Waals surface area contributed by atoms with Gasteiger partial charge in [0.1, 0.15) is 0 Å². The highest BCUT2D eigenvalue weighted by Gasteiger charge is 2.38. The minimum Gasteiger partial charge on any atom is -0.436 e. The molecule has 2 aromatic carbocycles. The first kappa shape index (κ1) is 36.0. The van der Waals surface area contributed by atoms with Gasteiger partial charge < -0.3 is 30.2 Å². The van der Waals surface area contributed by atoms with E-state index in [9.17, 15) is 27.6 Å². The SMILES string of the molecule is CN1CCC(N2CCN(C(=O)C(Cc3cc(Cl)c(N)c(C(F)(F)F)c3)OC(=O)N3CCC(n4c(=O)[nH]c5c6ccccc6ncc54)CC3)CC2)CC1. The Kier molecular flexibility index (Phi) is 10.1. The number of amides is 2. The highest BCUT2D eigenvalue weighted by Crippen LogP contribution is 2.38. The number of likely N-dealkylation sites (tertiary alicyclic amines) is 2. The number of para-hydroxylation sites is 1. The van der Waals surface area contributed by atoms with E-state index >= 15 is 0 Å². The molecule has 12 nitrogen and oxygen atoms in total. The number of aromatic nitrogens is 3. The summed E-state index contributed by atoms with van der Waals surface area (Å²) in [6.07, 6.45) is -2.59. The number of aromatic amines is 1. The molecule has 3 aliphatic heterocycles. The molecule has 1 atom stereocenters. The Morgan fingerprint density at radius 3 is 2.35 bits per heavy atom. The number of ether oxygens (including phenoxy) is 1. The van der Waals surface area contributed by atoms with Crippen LogP contribution in [-0.2, 0) is 22.1 Å². The van der Waals surface area contributed by atoms with E-state index < -0.39 is 35.5 Å². The number of piperazine rings is 1. The normalized spacial score (nSPS) is 19.4. The van der Waals surface area contributed by atoms with Crippen LogP contribution >= 0.6 is 11.6 Å². The van der Waals surface area contributed by atoms with Gasteiger partial charge in [0.25, 0.3) is 5.91 Å². The van der Waals surface area contributed by atoms with Gasteiger partial charge in [-0.2, -0.15) is 13.2 Å². The van der Waals surface area contributed by atoms with Crippen molar-refractivity contribution in [3.8, 4) is 0 Å². The number of fused-ring (bicyclic) bond motifs is 3. The number of hydrogen-bond acceptors (Lipinski definition) is 8. The molecule has 0 bridgehead atoms. The molecule has 4 aromatic rings. The predicted octanol–water partition coefficient (Wildman–Crippen LogP) is 4.76. The number of nitrogens with one attached hydrogen (secondary N) is 1. The van der Waals surface area contributed by atoms with Crippen LogP contribution in [0, 0.1) is 0 Å². The molecule has 3 N–H and O–H groups in total. The Balaban J connectivity index is 1.06. The third kappa shape index (κ3) is 7.30. The Bertz CT molecular complexity index is 2010. The number of hydrogen-bond donors (Lipinski definition) is 2. The van der Waals surface area contributed by atoms with Crippen LogP contribution in [0.25, 0.3) is 21.9 Å². The van der Waals surface area contributed by atoms with E-state index in [-0.39, 0.29) is 41.8 Å². The fraction of sp³-hybridized carbons (Fsp3) is 0.500. The number of nitrogen functional groups attached to an aromatic ring is 1. The summed E-state index contributed by atoms with van der Waals surface area (Å²) in [6, 6.07) is 9.89. The second-order valence-corrected chi connectivity index (χ2v) is 14.5. The van der Waals surface area contributed by atoms with Crippen molar-refractivity contribution in [3.05, 3.63) is 69.2 Å². The van der Waals surface area contributed by atoms with Crippen molar-refractivity contribution in [2.45, 2.75) is 56.5 Å². The largest absolute Gasteiger partial charge is 0.436 e. The predicted molar refractivity (Wildman–Crippen MR) is 191 cm³/mol. The number of imidazole rings is 1. The summed E-state index contributed by atoms with van der Waals surface area (Å²) in [5.41, 5.74) is 5.88. The maximum Gasteiger partial charge on any atom is 0.418 e. The highest BCUT2D eigenvalue weighted by molar-refractivity contribution is 6.33. The molecule has 278 valence electrons. The standard InChI is InChI=1S/C36H42ClF3N8O4/c1-44-10-6-23(7-11-44)45-14-16-46(17-15-45)33(49)30(20-22-18-26(36(38,39)40)31(41)27(37)19-22)52-35(51)47-12-8-24(9-13-47)48-29-21-42-28-5-3-2-4-25(28)32(29)43-34(48)50/h2-5,18-19,21,23-24,30H,6-17,20,41H2,1H3,(H,43,50). The van der Waals surface area contributed by atoms with Gasteiger partial charge in [0.05, 0.1) is 39.0 Å². The lowest BCUT2D eigenvalue weighted by atomic mass is 10.0. The van der Waals surface area contributed by atoms with Gasteiger partial charge >= 0.3 is 18.0 Å². The summed E-state index contributed by atoms with van der Waals surface area (Å²) in [5.74, 6) is -0.474. The van der Waals surface area contributed by atoms with Crippen molar-refractivity contribution in [2.24, 2.45) is 0 Å². The number of pyridine rings is 1. The summed E-state index contributed by atoms with van der Waals surface area (Å²) in [4.78, 5) is 56.1. The van der Waals surface area contributed by atoms with Crippen LogP contribution in [0.5, 0.6) is 0 Å². The van der Waals surface area contributed by atoms with E-state index in [0.717, 1.165) is 42.9 Å². The molecule has 0 aliphatic carbocycles. The number of carbonyl (C=O) groups excluding carboxylic acids is 2. The molecule has 16 heteroatoms. The minimum atomic E-state index is -4.77. The first-order chi connectivity index (χ1) is 24.9. The number of benzene rings is 2. The van der Waals surface area contributed by atoms with Crippen LogP contribution < -0.4 is 11.4 Å². The molecule has 1 unspecified atom stereocenters. The molecule has 3 aliphatic rings. The van der Waals surface area contributed by atoms with Gasteiger partial charge in [-0.15, -0.1) is 0 Å². The van der Waals surface area contributed by atoms with Gasteiger partial charge in [-0.1, -0.05) is 29.8 Å². The van der Waals surface area contributed by atoms with Crippen molar-refractivity contribution < 1.29 is 27.5 Å². The maximum atomic E-state index is 14.0. The molecular formula is C36H42ClF3N8O4. The molecule has 0 radical (unpaired) electrons. The van der Waals surface area contributed by atoms with Gasteiger partial charge in [-0.25, -0.2) is 9.59 Å². The zero-order valence-electron chi connectivity index (χ0n) is 28.9. The molecule has 0 saturated carbocycles. The van der Waals surface area contributed by atoms with E-state index in [2.05, 4.69) is 26.8 Å². The fourth-order valence-corrected chi connectivity index (χ4v) is 8.12. The smallest absolute Gasteiger partial charge is 0.418 e. The lowest BCUT2D eigenvalue weighted by Crippen LogP contribution is -2.56. The van der Waals surface area contributed by atoms with Crippen LogP contribution in [0.1, 0.15) is 42.9 Å². The topological polar surface area (TPSA) is 133 Å². The lowest BCUT2D eigenvalue weighted by Gasteiger charge is -2.42. The van der Waals surface area contributed by atoms with Crippen LogP contribution in [0.3, 0.4) is 0 Å². The van der Waals surface area contributed by atoms with Crippen LogP contribution in [0.4, 0.5) is 23.7 Å². The van der Waals surface area contributed by atoms with Crippen molar-refractivity contribution in [3.63, 3.8) is 0 Å². The van der Waals surface area contributed by atoms with Crippen molar-refractivity contribution in [1.82, 2.24) is 34.1 Å². The second-order valence-electron chi connectivity index (χ2n) is 14.1. The van der Waals surface area contributed by atoms with E-state index in [4.69, 9.17) is 22.1 Å². The van der Waals surface area contributed by atoms with Gasteiger partial charge in [0.15, 0.2) is 6.10 Å². The highest BCUT2D eigenvalue weighted by atomic mass is 35.5. The Morgan fingerprint density at radius 2 is 1.65 bits per heavy atom. The maximum absolute atomic E-state index is 14.0. The summed E-state index contributed by atoms with van der Waals surface area (Å²) in [5, 5.41) is 0.535. The number of anilines is 1. The first-order valence-electron chi connectivity index (χ1n) is 17.7. The number of nitrogens with two attached hydrogens (primary N) is 1. The van der Waals surface area contributed by atoms with Crippen molar-refractivity contribution in [1.29, 1.82) is 0 Å². The zero-order valence-corrected chi connectivity index (χ0v) is 29.6. The number of alkyl halides is 3. The molecule has 0 spiro atoms. The number of H-pyrrole nitrogens is 1. The van der Waals surface area contributed by atoms with Gasteiger partial charge in [0.2, 0.25) is 0 Å². The molecule has 5 heterocycles.